The fourth-order valence-electron chi connectivity index (χ4n) is 2.77. The lowest BCUT2D eigenvalue weighted by atomic mass is 9.97. The van der Waals surface area contributed by atoms with E-state index >= 15 is 0 Å². The minimum absolute atomic E-state index is 0.0999. The van der Waals surface area contributed by atoms with Gasteiger partial charge in [0.15, 0.2) is 0 Å². The van der Waals surface area contributed by atoms with Crippen LogP contribution in [0.3, 0.4) is 0 Å². The molecule has 0 spiro atoms. The first kappa shape index (κ1) is 13.1. The van der Waals surface area contributed by atoms with E-state index in [9.17, 15) is 4.79 Å². The summed E-state index contributed by atoms with van der Waals surface area (Å²) in [6.45, 7) is 3.26. The summed E-state index contributed by atoms with van der Waals surface area (Å²) in [6.07, 6.45) is 5.21. The summed E-state index contributed by atoms with van der Waals surface area (Å²) in [7, 11) is 1.59. The van der Waals surface area contributed by atoms with E-state index in [1.165, 1.54) is 6.42 Å². The average Bonchev–Trinajstić information content (AvgIpc) is 2.47. The van der Waals surface area contributed by atoms with Gasteiger partial charge in [0.1, 0.15) is 0 Å². The summed E-state index contributed by atoms with van der Waals surface area (Å²) in [5.74, 6) is 1.60. The molecule has 0 N–H and O–H groups in total. The molecule has 0 atom stereocenters. The molecule has 1 aromatic heterocycles. The topological polar surface area (TPSA) is 58.6 Å². The number of methoxy groups -OCH3 is 1. The Balaban J connectivity index is 1.56. The SMILES string of the molecule is COc1ccnc(N2CC(C(=O)N3CCCCC3)C2)n1. The molecule has 2 saturated heterocycles. The van der Waals surface area contributed by atoms with Crippen LogP contribution in [0.1, 0.15) is 19.3 Å². The summed E-state index contributed by atoms with van der Waals surface area (Å²) in [6, 6.07) is 1.72. The monoisotopic (exact) mass is 276 g/mol. The number of nitrogens with zero attached hydrogens (tertiary/aromatic N) is 4. The van der Waals surface area contributed by atoms with E-state index in [0.717, 1.165) is 25.9 Å². The van der Waals surface area contributed by atoms with E-state index in [1.807, 2.05) is 9.80 Å². The van der Waals surface area contributed by atoms with Crippen molar-refractivity contribution in [1.82, 2.24) is 14.9 Å². The molecule has 2 aliphatic rings. The van der Waals surface area contributed by atoms with Crippen LogP contribution in [-0.2, 0) is 4.79 Å². The van der Waals surface area contributed by atoms with Gasteiger partial charge in [-0.3, -0.25) is 4.79 Å². The molecule has 3 heterocycles. The Hall–Kier alpha value is -1.85. The Morgan fingerprint density at radius 1 is 1.30 bits per heavy atom. The maximum absolute atomic E-state index is 12.3. The molecule has 2 fully saturated rings. The number of anilines is 1. The zero-order valence-electron chi connectivity index (χ0n) is 11.8. The Morgan fingerprint density at radius 2 is 2.05 bits per heavy atom. The van der Waals surface area contributed by atoms with Crippen molar-refractivity contribution in [2.24, 2.45) is 5.92 Å². The normalized spacial score (nSPS) is 19.6. The van der Waals surface area contributed by atoms with E-state index in [1.54, 1.807) is 19.4 Å². The van der Waals surface area contributed by atoms with Crippen molar-refractivity contribution in [3.05, 3.63) is 12.3 Å². The quantitative estimate of drug-likeness (QED) is 0.822. The molecule has 108 valence electrons. The number of hydrogen-bond acceptors (Lipinski definition) is 5. The Labute approximate surface area is 118 Å². The largest absolute Gasteiger partial charge is 0.481 e. The number of likely N-dealkylation sites (tertiary alicyclic amines) is 1. The first-order valence-corrected chi connectivity index (χ1v) is 7.18. The van der Waals surface area contributed by atoms with Gasteiger partial charge in [0.2, 0.25) is 17.7 Å². The minimum Gasteiger partial charge on any atom is -0.481 e. The van der Waals surface area contributed by atoms with Gasteiger partial charge < -0.3 is 14.5 Å². The standard InChI is InChI=1S/C14H20N4O2/c1-20-12-5-6-15-14(16-12)18-9-11(10-18)13(19)17-7-3-2-4-8-17/h5-6,11H,2-4,7-10H2,1H3. The summed E-state index contributed by atoms with van der Waals surface area (Å²) >= 11 is 0. The van der Waals surface area contributed by atoms with Crippen LogP contribution in [0.4, 0.5) is 5.95 Å². The van der Waals surface area contributed by atoms with Crippen molar-refractivity contribution in [2.45, 2.75) is 19.3 Å². The molecular weight excluding hydrogens is 256 g/mol. The van der Waals surface area contributed by atoms with E-state index in [4.69, 9.17) is 4.74 Å². The van der Waals surface area contributed by atoms with Crippen molar-refractivity contribution in [3.8, 4) is 5.88 Å². The van der Waals surface area contributed by atoms with Crippen LogP contribution in [-0.4, -0.2) is 54.1 Å². The van der Waals surface area contributed by atoms with Crippen LogP contribution < -0.4 is 9.64 Å². The number of amides is 1. The molecule has 0 aromatic carbocycles. The molecule has 1 aromatic rings. The lowest BCUT2D eigenvalue weighted by molar-refractivity contribution is -0.137. The van der Waals surface area contributed by atoms with Crippen LogP contribution >= 0.6 is 0 Å². The second kappa shape index (κ2) is 5.64. The number of ether oxygens (including phenoxy) is 1. The average molecular weight is 276 g/mol. The third-order valence-corrected chi connectivity index (χ3v) is 4.01. The molecule has 0 unspecified atom stereocenters. The van der Waals surface area contributed by atoms with E-state index in [-0.39, 0.29) is 5.92 Å². The molecule has 0 saturated carbocycles. The highest BCUT2D eigenvalue weighted by atomic mass is 16.5. The van der Waals surface area contributed by atoms with Gasteiger partial charge in [-0.1, -0.05) is 0 Å². The third kappa shape index (κ3) is 2.55. The molecular formula is C14H20N4O2. The number of rotatable bonds is 3. The van der Waals surface area contributed by atoms with Crippen LogP contribution in [0, 0.1) is 5.92 Å². The lowest BCUT2D eigenvalue weighted by Crippen LogP contribution is -2.55. The van der Waals surface area contributed by atoms with Crippen LogP contribution in [0.5, 0.6) is 5.88 Å². The van der Waals surface area contributed by atoms with Crippen molar-refractivity contribution in [1.29, 1.82) is 0 Å². The highest BCUT2D eigenvalue weighted by Crippen LogP contribution is 2.25. The maximum Gasteiger partial charge on any atom is 0.229 e. The van der Waals surface area contributed by atoms with Gasteiger partial charge in [0.05, 0.1) is 13.0 Å². The fourth-order valence-corrected chi connectivity index (χ4v) is 2.77. The predicted molar refractivity (Wildman–Crippen MR) is 74.7 cm³/mol. The molecule has 0 aliphatic carbocycles. The number of hydrogen-bond donors (Lipinski definition) is 0. The highest BCUT2D eigenvalue weighted by Gasteiger charge is 2.36. The van der Waals surface area contributed by atoms with Gasteiger partial charge in [-0.2, -0.15) is 4.98 Å². The zero-order chi connectivity index (χ0) is 13.9. The van der Waals surface area contributed by atoms with Crippen molar-refractivity contribution < 1.29 is 9.53 Å². The van der Waals surface area contributed by atoms with Gasteiger partial charge in [-0.05, 0) is 19.3 Å². The molecule has 0 bridgehead atoms. The molecule has 6 nitrogen and oxygen atoms in total. The zero-order valence-corrected chi connectivity index (χ0v) is 11.8. The minimum atomic E-state index is 0.0999. The summed E-state index contributed by atoms with van der Waals surface area (Å²) in [5, 5.41) is 0. The van der Waals surface area contributed by atoms with Crippen molar-refractivity contribution in [2.75, 3.05) is 38.2 Å². The second-order valence-corrected chi connectivity index (χ2v) is 5.39. The number of carbonyl (C=O) groups is 1. The second-order valence-electron chi connectivity index (χ2n) is 5.39. The molecule has 1 amide bonds. The first-order chi connectivity index (χ1) is 9.78. The van der Waals surface area contributed by atoms with Crippen LogP contribution in [0.25, 0.3) is 0 Å². The molecule has 3 rings (SSSR count). The number of piperidine rings is 1. The third-order valence-electron chi connectivity index (χ3n) is 4.01. The van der Waals surface area contributed by atoms with Crippen molar-refractivity contribution in [3.63, 3.8) is 0 Å². The summed E-state index contributed by atoms with van der Waals surface area (Å²) < 4.78 is 5.09. The highest BCUT2D eigenvalue weighted by molar-refractivity contribution is 5.81. The summed E-state index contributed by atoms with van der Waals surface area (Å²) in [4.78, 5) is 24.9. The first-order valence-electron chi connectivity index (χ1n) is 7.18. The van der Waals surface area contributed by atoms with Gasteiger partial charge >= 0.3 is 0 Å². The number of aromatic nitrogens is 2. The van der Waals surface area contributed by atoms with E-state index < -0.39 is 0 Å². The van der Waals surface area contributed by atoms with Crippen LogP contribution in [0.15, 0.2) is 12.3 Å². The van der Waals surface area contributed by atoms with Crippen LogP contribution in [0.2, 0.25) is 0 Å². The Kier molecular flexibility index (Phi) is 3.71. The lowest BCUT2D eigenvalue weighted by Gasteiger charge is -2.41. The van der Waals surface area contributed by atoms with Gasteiger partial charge in [-0.25, -0.2) is 4.98 Å². The number of carbonyl (C=O) groups excluding carboxylic acids is 1. The van der Waals surface area contributed by atoms with E-state index in [2.05, 4.69) is 9.97 Å². The predicted octanol–water partition coefficient (Wildman–Crippen LogP) is 0.934. The molecule has 6 heteroatoms. The maximum atomic E-state index is 12.3. The molecule has 20 heavy (non-hydrogen) atoms. The van der Waals surface area contributed by atoms with Gasteiger partial charge in [-0.15, -0.1) is 0 Å². The molecule has 0 radical (unpaired) electrons. The Bertz CT molecular complexity index is 482. The molecule has 2 aliphatic heterocycles. The fraction of sp³-hybridized carbons (Fsp3) is 0.643. The smallest absolute Gasteiger partial charge is 0.229 e. The summed E-state index contributed by atoms with van der Waals surface area (Å²) in [5.41, 5.74) is 0. The van der Waals surface area contributed by atoms with E-state index in [0.29, 0.717) is 30.8 Å². The Morgan fingerprint density at radius 3 is 2.75 bits per heavy atom. The van der Waals surface area contributed by atoms with Crippen molar-refractivity contribution >= 4 is 11.9 Å². The van der Waals surface area contributed by atoms with Gasteiger partial charge in [0.25, 0.3) is 0 Å². The van der Waals surface area contributed by atoms with Gasteiger partial charge in [0, 0.05) is 38.4 Å².